The Labute approximate surface area is 115 Å². The summed E-state index contributed by atoms with van der Waals surface area (Å²) in [5.41, 5.74) is 0. The molecule has 1 aliphatic heterocycles. The van der Waals surface area contributed by atoms with E-state index in [0.29, 0.717) is 0 Å². The molecule has 0 saturated carbocycles. The summed E-state index contributed by atoms with van der Waals surface area (Å²) in [5, 5.41) is 7.48. The number of aromatic nitrogens is 3. The molecule has 0 aliphatic carbocycles. The van der Waals surface area contributed by atoms with Gasteiger partial charge in [-0.15, -0.1) is 24.8 Å². The molecule has 0 atom stereocenters. The van der Waals surface area contributed by atoms with E-state index < -0.39 is 0 Å². The van der Waals surface area contributed by atoms with E-state index in [9.17, 15) is 0 Å². The van der Waals surface area contributed by atoms with Crippen LogP contribution in [-0.4, -0.2) is 52.4 Å². The molecule has 2 rings (SSSR count). The zero-order valence-electron chi connectivity index (χ0n) is 10.1. The van der Waals surface area contributed by atoms with Crippen molar-refractivity contribution in [3.63, 3.8) is 0 Å². The van der Waals surface area contributed by atoms with Crippen molar-refractivity contribution in [3.8, 4) is 0 Å². The maximum absolute atomic E-state index is 4.10. The first kappa shape index (κ1) is 16.6. The van der Waals surface area contributed by atoms with Crippen LogP contribution in [0.15, 0.2) is 12.7 Å². The van der Waals surface area contributed by atoms with E-state index in [1.807, 2.05) is 4.68 Å². The van der Waals surface area contributed by atoms with Crippen LogP contribution in [0.5, 0.6) is 0 Å². The standard InChI is InChI=1S/C10H19N5.2ClH/c1-14(10-2-4-11-5-3-10)6-7-15-9-12-8-13-15;;/h8-11H,2-7H2,1H3;2*1H. The Hall–Kier alpha value is -0.360. The van der Waals surface area contributed by atoms with Crippen LogP contribution in [0.3, 0.4) is 0 Å². The number of rotatable bonds is 4. The first-order valence-corrected chi connectivity index (χ1v) is 5.59. The molecule has 2 heterocycles. The largest absolute Gasteiger partial charge is 0.317 e. The van der Waals surface area contributed by atoms with Crippen LogP contribution in [0, 0.1) is 0 Å². The van der Waals surface area contributed by atoms with Crippen LogP contribution in [0.4, 0.5) is 0 Å². The van der Waals surface area contributed by atoms with Crippen LogP contribution < -0.4 is 5.32 Å². The number of hydrogen-bond donors (Lipinski definition) is 1. The van der Waals surface area contributed by atoms with Gasteiger partial charge in [-0.05, 0) is 33.0 Å². The third-order valence-corrected chi connectivity index (χ3v) is 3.08. The van der Waals surface area contributed by atoms with Gasteiger partial charge in [0.05, 0.1) is 6.54 Å². The quantitative estimate of drug-likeness (QED) is 0.887. The van der Waals surface area contributed by atoms with Gasteiger partial charge in [-0.1, -0.05) is 0 Å². The highest BCUT2D eigenvalue weighted by atomic mass is 35.5. The van der Waals surface area contributed by atoms with Crippen LogP contribution in [0.2, 0.25) is 0 Å². The first-order valence-electron chi connectivity index (χ1n) is 5.59. The summed E-state index contributed by atoms with van der Waals surface area (Å²) in [5.74, 6) is 0. The SMILES string of the molecule is CN(CCn1cncn1)C1CCNCC1.Cl.Cl. The van der Waals surface area contributed by atoms with Gasteiger partial charge in [0.15, 0.2) is 0 Å². The molecule has 5 nitrogen and oxygen atoms in total. The van der Waals surface area contributed by atoms with Crippen molar-refractivity contribution in [1.29, 1.82) is 0 Å². The van der Waals surface area contributed by atoms with Crippen molar-refractivity contribution in [2.75, 3.05) is 26.7 Å². The Morgan fingerprint density at radius 1 is 1.35 bits per heavy atom. The second-order valence-electron chi connectivity index (χ2n) is 4.12. The highest BCUT2D eigenvalue weighted by Crippen LogP contribution is 2.09. The number of halogens is 2. The molecule has 0 amide bonds. The van der Waals surface area contributed by atoms with Gasteiger partial charge in [0.25, 0.3) is 0 Å². The van der Waals surface area contributed by atoms with Gasteiger partial charge in [-0.2, -0.15) is 5.10 Å². The minimum absolute atomic E-state index is 0. The van der Waals surface area contributed by atoms with Gasteiger partial charge < -0.3 is 10.2 Å². The van der Waals surface area contributed by atoms with Crippen molar-refractivity contribution in [2.45, 2.75) is 25.4 Å². The van der Waals surface area contributed by atoms with Crippen molar-refractivity contribution >= 4 is 24.8 Å². The van der Waals surface area contributed by atoms with E-state index in [1.165, 1.54) is 12.8 Å². The van der Waals surface area contributed by atoms with E-state index in [4.69, 9.17) is 0 Å². The zero-order chi connectivity index (χ0) is 10.5. The van der Waals surface area contributed by atoms with Crippen LogP contribution in [-0.2, 0) is 6.54 Å². The van der Waals surface area contributed by atoms with Crippen LogP contribution in [0.1, 0.15) is 12.8 Å². The molecule has 1 saturated heterocycles. The number of nitrogens with one attached hydrogen (secondary N) is 1. The Balaban J connectivity index is 0.00000128. The highest BCUT2D eigenvalue weighted by Gasteiger charge is 2.16. The topological polar surface area (TPSA) is 46.0 Å². The van der Waals surface area contributed by atoms with Crippen molar-refractivity contribution in [3.05, 3.63) is 12.7 Å². The fraction of sp³-hybridized carbons (Fsp3) is 0.800. The highest BCUT2D eigenvalue weighted by molar-refractivity contribution is 5.85. The lowest BCUT2D eigenvalue weighted by Gasteiger charge is -2.31. The van der Waals surface area contributed by atoms with Gasteiger partial charge in [-0.25, -0.2) is 4.98 Å². The summed E-state index contributed by atoms with van der Waals surface area (Å²) in [4.78, 5) is 6.37. The second kappa shape index (κ2) is 8.69. The molecule has 100 valence electrons. The molecule has 0 bridgehead atoms. The lowest BCUT2D eigenvalue weighted by Crippen LogP contribution is -2.42. The predicted molar refractivity (Wildman–Crippen MR) is 73.0 cm³/mol. The molecule has 0 aromatic carbocycles. The summed E-state index contributed by atoms with van der Waals surface area (Å²) >= 11 is 0. The first-order chi connectivity index (χ1) is 7.36. The van der Waals surface area contributed by atoms with Crippen molar-refractivity contribution < 1.29 is 0 Å². The van der Waals surface area contributed by atoms with Gasteiger partial charge >= 0.3 is 0 Å². The molecule has 0 radical (unpaired) electrons. The molecule has 0 unspecified atom stereocenters. The van der Waals surface area contributed by atoms with E-state index in [-0.39, 0.29) is 24.8 Å². The minimum Gasteiger partial charge on any atom is -0.317 e. The molecule has 1 fully saturated rings. The summed E-state index contributed by atoms with van der Waals surface area (Å²) in [6.45, 7) is 4.28. The monoisotopic (exact) mass is 281 g/mol. The number of piperidine rings is 1. The van der Waals surface area contributed by atoms with Gasteiger partial charge in [0.2, 0.25) is 0 Å². The van der Waals surface area contributed by atoms with E-state index in [2.05, 4.69) is 27.3 Å². The molecule has 1 N–H and O–H groups in total. The Morgan fingerprint density at radius 2 is 2.06 bits per heavy atom. The third-order valence-electron chi connectivity index (χ3n) is 3.08. The number of likely N-dealkylation sites (N-methyl/N-ethyl adjacent to an activating group) is 1. The maximum Gasteiger partial charge on any atom is 0.137 e. The van der Waals surface area contributed by atoms with Gasteiger partial charge in [-0.3, -0.25) is 4.68 Å². The Bertz CT molecular complexity index is 274. The lowest BCUT2D eigenvalue weighted by atomic mass is 10.1. The van der Waals surface area contributed by atoms with Crippen molar-refractivity contribution in [2.24, 2.45) is 0 Å². The molecule has 1 aliphatic rings. The Morgan fingerprint density at radius 3 is 2.65 bits per heavy atom. The summed E-state index contributed by atoms with van der Waals surface area (Å²) < 4.78 is 1.89. The third kappa shape index (κ3) is 5.21. The van der Waals surface area contributed by atoms with Crippen molar-refractivity contribution in [1.82, 2.24) is 25.0 Å². The molecular formula is C10H21Cl2N5. The lowest BCUT2D eigenvalue weighted by molar-refractivity contribution is 0.190. The molecule has 7 heteroatoms. The van der Waals surface area contributed by atoms with E-state index in [1.54, 1.807) is 12.7 Å². The average molecular weight is 282 g/mol. The molecule has 17 heavy (non-hydrogen) atoms. The Kier molecular flexibility index (Phi) is 8.51. The molecule has 1 aromatic heterocycles. The van der Waals surface area contributed by atoms with Crippen LogP contribution in [0.25, 0.3) is 0 Å². The average Bonchev–Trinajstić information content (AvgIpc) is 2.80. The number of hydrogen-bond acceptors (Lipinski definition) is 4. The fourth-order valence-electron chi connectivity index (χ4n) is 2.04. The fourth-order valence-corrected chi connectivity index (χ4v) is 2.04. The van der Waals surface area contributed by atoms with E-state index >= 15 is 0 Å². The minimum atomic E-state index is 0. The molecular weight excluding hydrogens is 261 g/mol. The van der Waals surface area contributed by atoms with Gasteiger partial charge in [0.1, 0.15) is 12.7 Å². The predicted octanol–water partition coefficient (Wildman–Crippen LogP) is 0.805. The van der Waals surface area contributed by atoms with Gasteiger partial charge in [0, 0.05) is 12.6 Å². The maximum atomic E-state index is 4.10. The zero-order valence-corrected chi connectivity index (χ0v) is 11.7. The summed E-state index contributed by atoms with van der Waals surface area (Å²) in [6.07, 6.45) is 5.88. The molecule has 0 spiro atoms. The smallest absolute Gasteiger partial charge is 0.137 e. The summed E-state index contributed by atoms with van der Waals surface area (Å²) in [7, 11) is 2.20. The summed E-state index contributed by atoms with van der Waals surface area (Å²) in [6, 6.07) is 0.731. The number of nitrogens with zero attached hydrogens (tertiary/aromatic N) is 4. The normalized spacial score (nSPS) is 16.4. The second-order valence-corrected chi connectivity index (χ2v) is 4.12. The van der Waals surface area contributed by atoms with E-state index in [0.717, 1.165) is 32.2 Å². The van der Waals surface area contributed by atoms with Crippen LogP contribution >= 0.6 is 24.8 Å². The molecule has 1 aromatic rings.